The maximum atomic E-state index is 13.3. The average molecular weight is 536 g/mol. The minimum absolute atomic E-state index is 0.0772. The molecule has 0 saturated carbocycles. The van der Waals surface area contributed by atoms with E-state index in [1.165, 1.54) is 12.3 Å². The van der Waals surface area contributed by atoms with Crippen LogP contribution in [0.4, 0.5) is 11.4 Å². The van der Waals surface area contributed by atoms with Gasteiger partial charge in [-0.25, -0.2) is 0 Å². The monoisotopic (exact) mass is 535 g/mol. The zero-order valence-electron chi connectivity index (χ0n) is 22.6. The normalized spacial score (nSPS) is 11.8. The Morgan fingerprint density at radius 2 is 1.70 bits per heavy atom. The average Bonchev–Trinajstić information content (AvgIpc) is 3.46. The van der Waals surface area contributed by atoms with Gasteiger partial charge in [0.15, 0.2) is 11.7 Å². The summed E-state index contributed by atoms with van der Waals surface area (Å²) in [6, 6.07) is 20.0. The molecule has 4 N–H and O–H groups in total. The number of aliphatic imine (C=N–C) groups is 1. The fourth-order valence-corrected chi connectivity index (χ4v) is 4.42. The van der Waals surface area contributed by atoms with E-state index in [1.807, 2.05) is 27.7 Å². The number of carbonyl (C=O) groups excluding carboxylic acids is 2. The van der Waals surface area contributed by atoms with Gasteiger partial charge in [0.2, 0.25) is 0 Å². The Hall–Kier alpha value is -5.18. The minimum Gasteiger partial charge on any atom is -0.508 e. The summed E-state index contributed by atoms with van der Waals surface area (Å²) in [5.74, 6) is -0.487. The molecule has 0 saturated heterocycles. The fourth-order valence-electron chi connectivity index (χ4n) is 4.42. The lowest BCUT2D eigenvalue weighted by Crippen LogP contribution is -2.29. The Bertz CT molecular complexity index is 1770. The first-order chi connectivity index (χ1) is 19.0. The van der Waals surface area contributed by atoms with Crippen LogP contribution < -0.4 is 5.32 Å². The van der Waals surface area contributed by atoms with E-state index in [4.69, 9.17) is 0 Å². The number of hydrogen-bond acceptors (Lipinski definition) is 6. The maximum Gasteiger partial charge on any atom is 0.273 e. The molecular weight excluding hydrogens is 506 g/mol. The molecule has 0 aliphatic rings. The molecule has 0 spiro atoms. The molecule has 5 aromatic rings. The lowest BCUT2D eigenvalue weighted by atomic mass is 10.0. The van der Waals surface area contributed by atoms with Crippen LogP contribution >= 0.6 is 0 Å². The molecule has 9 nitrogen and oxygen atoms in total. The van der Waals surface area contributed by atoms with Gasteiger partial charge in [-0.3, -0.25) is 19.3 Å². The summed E-state index contributed by atoms with van der Waals surface area (Å²) in [7, 11) is 0. The molecule has 5 rings (SSSR count). The number of phenols is 1. The fraction of sp³-hybridized carbons (Fsp3) is 0.161. The highest BCUT2D eigenvalue weighted by molar-refractivity contribution is 6.12. The number of amides is 1. The number of aromatic hydroxyl groups is 2. The van der Waals surface area contributed by atoms with Gasteiger partial charge in [0, 0.05) is 40.0 Å². The summed E-state index contributed by atoms with van der Waals surface area (Å²) in [4.78, 5) is 33.5. The number of rotatable bonds is 6. The van der Waals surface area contributed by atoms with Crippen LogP contribution in [0.25, 0.3) is 10.9 Å². The van der Waals surface area contributed by atoms with Gasteiger partial charge in [0.05, 0.1) is 22.5 Å². The second kappa shape index (κ2) is 10.2. The van der Waals surface area contributed by atoms with Crippen molar-refractivity contribution < 1.29 is 19.8 Å². The zero-order valence-corrected chi connectivity index (χ0v) is 22.6. The van der Waals surface area contributed by atoms with Crippen LogP contribution in [-0.2, 0) is 5.54 Å². The maximum absolute atomic E-state index is 13.3. The van der Waals surface area contributed by atoms with E-state index in [9.17, 15) is 19.8 Å². The lowest BCUT2D eigenvalue weighted by Gasteiger charge is -2.22. The number of aromatic amines is 1. The minimum atomic E-state index is -0.356. The summed E-state index contributed by atoms with van der Waals surface area (Å²) in [5, 5.41) is 28.1. The number of phenolic OH excluding ortho intramolecular Hbond substituents is 1. The molecule has 0 aliphatic heterocycles. The van der Waals surface area contributed by atoms with Crippen LogP contribution in [0.3, 0.4) is 0 Å². The van der Waals surface area contributed by atoms with Crippen molar-refractivity contribution in [3.05, 3.63) is 101 Å². The van der Waals surface area contributed by atoms with Crippen LogP contribution in [0.2, 0.25) is 0 Å². The van der Waals surface area contributed by atoms with Crippen LogP contribution in [0.1, 0.15) is 58.4 Å². The van der Waals surface area contributed by atoms with Crippen LogP contribution in [0.5, 0.6) is 11.6 Å². The number of aromatic nitrogens is 3. The number of aryl methyl sites for hydroxylation is 1. The van der Waals surface area contributed by atoms with Gasteiger partial charge in [-0.1, -0.05) is 6.07 Å². The highest BCUT2D eigenvalue weighted by atomic mass is 16.3. The van der Waals surface area contributed by atoms with Gasteiger partial charge in [-0.05, 0) is 88.4 Å². The molecule has 3 aromatic carbocycles. The number of anilines is 1. The molecule has 9 heteroatoms. The molecule has 0 atom stereocenters. The molecule has 0 unspecified atom stereocenters. The first kappa shape index (κ1) is 26.4. The van der Waals surface area contributed by atoms with Crippen molar-refractivity contribution in [2.75, 3.05) is 5.32 Å². The van der Waals surface area contributed by atoms with Crippen molar-refractivity contribution in [2.24, 2.45) is 4.99 Å². The van der Waals surface area contributed by atoms with Crippen molar-refractivity contribution in [3.8, 4) is 11.6 Å². The van der Waals surface area contributed by atoms with Gasteiger partial charge >= 0.3 is 0 Å². The Balaban J connectivity index is 1.36. The Kier molecular flexibility index (Phi) is 6.73. The van der Waals surface area contributed by atoms with Crippen LogP contribution in [-0.4, -0.2) is 42.9 Å². The van der Waals surface area contributed by atoms with Gasteiger partial charge in [0.25, 0.3) is 5.91 Å². The van der Waals surface area contributed by atoms with Gasteiger partial charge in [-0.2, -0.15) is 5.10 Å². The molecule has 0 aliphatic carbocycles. The highest BCUT2D eigenvalue weighted by Gasteiger charge is 2.23. The largest absolute Gasteiger partial charge is 0.508 e. The van der Waals surface area contributed by atoms with Crippen molar-refractivity contribution in [3.63, 3.8) is 0 Å². The smallest absolute Gasteiger partial charge is 0.273 e. The van der Waals surface area contributed by atoms with Crippen molar-refractivity contribution in [1.29, 1.82) is 0 Å². The van der Waals surface area contributed by atoms with Gasteiger partial charge in [0.1, 0.15) is 11.4 Å². The number of carbonyl (C=O) groups is 2. The van der Waals surface area contributed by atoms with Crippen molar-refractivity contribution in [2.45, 2.75) is 33.2 Å². The predicted molar refractivity (Wildman–Crippen MR) is 155 cm³/mol. The first-order valence-electron chi connectivity index (χ1n) is 12.7. The summed E-state index contributed by atoms with van der Waals surface area (Å²) < 4.78 is 1.70. The first-order valence-corrected chi connectivity index (χ1v) is 12.7. The summed E-state index contributed by atoms with van der Waals surface area (Å²) in [6.45, 7) is 7.78. The molecule has 2 heterocycles. The third-order valence-electron chi connectivity index (χ3n) is 6.36. The van der Waals surface area contributed by atoms with Gasteiger partial charge < -0.3 is 20.5 Å². The Morgan fingerprint density at radius 3 is 2.40 bits per heavy atom. The lowest BCUT2D eigenvalue weighted by molar-refractivity contribution is 0.100. The molecule has 40 heavy (non-hydrogen) atoms. The van der Waals surface area contributed by atoms with E-state index < -0.39 is 0 Å². The topological polar surface area (TPSA) is 133 Å². The third-order valence-corrected chi connectivity index (χ3v) is 6.36. The second-order valence-electron chi connectivity index (χ2n) is 10.5. The number of nitrogens with zero attached hydrogens (tertiary/aromatic N) is 3. The quantitative estimate of drug-likeness (QED) is 0.155. The Labute approximate surface area is 230 Å². The van der Waals surface area contributed by atoms with Gasteiger partial charge in [-0.15, -0.1) is 0 Å². The molecule has 0 radical (unpaired) electrons. The summed E-state index contributed by atoms with van der Waals surface area (Å²) in [5.41, 5.74) is 3.88. The number of fused-ring (bicyclic) bond motifs is 1. The number of ketones is 1. The molecule has 0 bridgehead atoms. The van der Waals surface area contributed by atoms with E-state index in [-0.39, 0.29) is 28.9 Å². The summed E-state index contributed by atoms with van der Waals surface area (Å²) in [6.07, 6.45) is 1.49. The number of hydrogen-bond donors (Lipinski definition) is 4. The van der Waals surface area contributed by atoms with Crippen molar-refractivity contribution in [1.82, 2.24) is 14.8 Å². The molecular formula is C31H29N5O4. The SMILES string of the molecule is Cc1cc(C(=O)Nc2ccc(C(=O)c3ccc4[nH]c(O)c(C=Nc5cccc(O)c5)c4c3)cc2)n(C(C)(C)C)n1. The molecule has 1 amide bonds. The highest BCUT2D eigenvalue weighted by Crippen LogP contribution is 2.29. The number of H-pyrrole nitrogens is 1. The van der Waals surface area contributed by atoms with E-state index in [1.54, 1.807) is 71.4 Å². The number of nitrogens with one attached hydrogen (secondary N) is 2. The zero-order chi connectivity index (χ0) is 28.6. The molecule has 202 valence electrons. The Morgan fingerprint density at radius 1 is 0.975 bits per heavy atom. The van der Waals surface area contributed by atoms with E-state index in [0.29, 0.717) is 44.7 Å². The number of benzene rings is 3. The van der Waals surface area contributed by atoms with Crippen LogP contribution in [0, 0.1) is 6.92 Å². The van der Waals surface area contributed by atoms with E-state index >= 15 is 0 Å². The van der Waals surface area contributed by atoms with E-state index in [0.717, 1.165) is 5.69 Å². The standard InChI is InChI=1S/C31H29N5O4/c1-18-14-27(36(35-18)31(2,3)4)30(40)33-21-11-8-19(9-12-21)28(38)20-10-13-26-24(15-20)25(29(39)34-26)17-32-22-6-5-7-23(37)16-22/h5-17,34,37,39H,1-4H3,(H,33,40). The third kappa shape index (κ3) is 5.35. The second-order valence-corrected chi connectivity index (χ2v) is 10.5. The van der Waals surface area contributed by atoms with Crippen LogP contribution in [0.15, 0.2) is 77.8 Å². The summed E-state index contributed by atoms with van der Waals surface area (Å²) >= 11 is 0. The predicted octanol–water partition coefficient (Wildman–Crippen LogP) is 6.07. The van der Waals surface area contributed by atoms with E-state index in [2.05, 4.69) is 20.4 Å². The molecule has 0 fully saturated rings. The molecule has 2 aromatic heterocycles. The van der Waals surface area contributed by atoms with Crippen molar-refractivity contribution >= 4 is 40.2 Å².